The summed E-state index contributed by atoms with van der Waals surface area (Å²) in [6, 6.07) is 18.5. The Kier molecular flexibility index (Phi) is 5.07. The lowest BCUT2D eigenvalue weighted by Gasteiger charge is -2.20. The van der Waals surface area contributed by atoms with Gasteiger partial charge in [-0.15, -0.1) is 0 Å². The van der Waals surface area contributed by atoms with Gasteiger partial charge in [0.2, 0.25) is 5.56 Å². The Balaban J connectivity index is 1.56. The van der Waals surface area contributed by atoms with Crippen LogP contribution in [0.25, 0.3) is 11.1 Å². The van der Waals surface area contributed by atoms with Crippen LogP contribution < -0.4 is 10.3 Å². The van der Waals surface area contributed by atoms with Crippen LogP contribution in [0.5, 0.6) is 5.75 Å². The molecule has 2 aromatic carbocycles. The SMILES string of the molecule is COc1ccc(CN2CCc3ccccc3CC2)cc1-c1cc[nH]c(=O)c1. The smallest absolute Gasteiger partial charge is 0.248 e. The molecule has 1 aliphatic heterocycles. The molecule has 1 aliphatic rings. The van der Waals surface area contributed by atoms with Crippen molar-refractivity contribution in [1.82, 2.24) is 9.88 Å². The fraction of sp³-hybridized carbons (Fsp3) is 0.261. The van der Waals surface area contributed by atoms with Crippen LogP contribution in [0.1, 0.15) is 16.7 Å². The highest BCUT2D eigenvalue weighted by Gasteiger charge is 2.15. The number of hydrogen-bond acceptors (Lipinski definition) is 3. The van der Waals surface area contributed by atoms with Crippen molar-refractivity contribution in [2.24, 2.45) is 0 Å². The van der Waals surface area contributed by atoms with Gasteiger partial charge < -0.3 is 9.72 Å². The van der Waals surface area contributed by atoms with Crippen molar-refractivity contribution in [3.8, 4) is 16.9 Å². The Hall–Kier alpha value is -2.85. The number of nitrogens with one attached hydrogen (secondary N) is 1. The first-order valence-corrected chi connectivity index (χ1v) is 9.38. The maximum Gasteiger partial charge on any atom is 0.248 e. The fourth-order valence-electron chi connectivity index (χ4n) is 3.82. The van der Waals surface area contributed by atoms with Crippen LogP contribution in [0.2, 0.25) is 0 Å². The second-order valence-electron chi connectivity index (χ2n) is 7.02. The highest BCUT2D eigenvalue weighted by Crippen LogP contribution is 2.30. The van der Waals surface area contributed by atoms with Gasteiger partial charge in [0.15, 0.2) is 0 Å². The van der Waals surface area contributed by atoms with Gasteiger partial charge in [-0.3, -0.25) is 9.69 Å². The van der Waals surface area contributed by atoms with Gasteiger partial charge in [0.1, 0.15) is 5.75 Å². The minimum absolute atomic E-state index is 0.106. The highest BCUT2D eigenvalue weighted by atomic mass is 16.5. The van der Waals surface area contributed by atoms with Gasteiger partial charge in [-0.1, -0.05) is 30.3 Å². The number of ether oxygens (including phenoxy) is 1. The molecule has 4 nitrogen and oxygen atoms in total. The number of H-pyrrole nitrogens is 1. The molecule has 0 radical (unpaired) electrons. The summed E-state index contributed by atoms with van der Waals surface area (Å²) in [5, 5.41) is 0. The normalized spacial score (nSPS) is 14.4. The average Bonchev–Trinajstić information content (AvgIpc) is 2.90. The molecule has 3 aromatic rings. The van der Waals surface area contributed by atoms with Gasteiger partial charge >= 0.3 is 0 Å². The largest absolute Gasteiger partial charge is 0.496 e. The molecule has 0 saturated carbocycles. The summed E-state index contributed by atoms with van der Waals surface area (Å²) in [6.07, 6.45) is 3.86. The third-order valence-corrected chi connectivity index (χ3v) is 5.27. The Morgan fingerprint density at radius 2 is 1.74 bits per heavy atom. The van der Waals surface area contributed by atoms with E-state index in [2.05, 4.69) is 46.3 Å². The number of benzene rings is 2. The summed E-state index contributed by atoms with van der Waals surface area (Å²) in [5.41, 5.74) is 5.90. The summed E-state index contributed by atoms with van der Waals surface area (Å²) in [4.78, 5) is 16.9. The lowest BCUT2D eigenvalue weighted by atomic mass is 10.0. The predicted octanol–water partition coefficient (Wildman–Crippen LogP) is 3.65. The molecular formula is C23H24N2O2. The van der Waals surface area contributed by atoms with E-state index in [0.717, 1.165) is 49.4 Å². The van der Waals surface area contributed by atoms with E-state index in [1.165, 1.54) is 16.7 Å². The lowest BCUT2D eigenvalue weighted by Crippen LogP contribution is -2.25. The van der Waals surface area contributed by atoms with E-state index in [1.54, 1.807) is 19.4 Å². The average molecular weight is 360 g/mol. The molecule has 4 heteroatoms. The molecule has 4 rings (SSSR count). The van der Waals surface area contributed by atoms with Gasteiger partial charge in [-0.25, -0.2) is 0 Å². The molecule has 0 atom stereocenters. The molecule has 27 heavy (non-hydrogen) atoms. The molecule has 2 heterocycles. The van der Waals surface area contributed by atoms with E-state index in [4.69, 9.17) is 4.74 Å². The van der Waals surface area contributed by atoms with Crippen LogP contribution in [-0.2, 0) is 19.4 Å². The van der Waals surface area contributed by atoms with Gasteiger partial charge in [0.25, 0.3) is 0 Å². The highest BCUT2D eigenvalue weighted by molar-refractivity contribution is 5.70. The molecule has 0 spiro atoms. The van der Waals surface area contributed by atoms with E-state index in [1.807, 2.05) is 12.1 Å². The van der Waals surface area contributed by atoms with Gasteiger partial charge in [0.05, 0.1) is 7.11 Å². The predicted molar refractivity (Wildman–Crippen MR) is 108 cm³/mol. The summed E-state index contributed by atoms with van der Waals surface area (Å²) >= 11 is 0. The molecule has 1 aromatic heterocycles. The number of hydrogen-bond donors (Lipinski definition) is 1. The van der Waals surface area contributed by atoms with Crippen molar-refractivity contribution in [3.05, 3.63) is 87.8 Å². The number of methoxy groups -OCH3 is 1. The van der Waals surface area contributed by atoms with Crippen LogP contribution in [-0.4, -0.2) is 30.1 Å². The summed E-state index contributed by atoms with van der Waals surface area (Å²) < 4.78 is 5.52. The number of pyridine rings is 1. The second kappa shape index (κ2) is 7.80. The zero-order valence-electron chi connectivity index (χ0n) is 15.6. The van der Waals surface area contributed by atoms with Crippen molar-refractivity contribution in [2.45, 2.75) is 19.4 Å². The maximum absolute atomic E-state index is 11.7. The first-order chi connectivity index (χ1) is 13.2. The van der Waals surface area contributed by atoms with Crippen molar-refractivity contribution in [1.29, 1.82) is 0 Å². The molecule has 0 bridgehead atoms. The molecule has 0 aliphatic carbocycles. The fourth-order valence-corrected chi connectivity index (χ4v) is 3.82. The van der Waals surface area contributed by atoms with Crippen LogP contribution in [0.15, 0.2) is 65.6 Å². The lowest BCUT2D eigenvalue weighted by molar-refractivity contribution is 0.279. The first kappa shape index (κ1) is 17.6. The van der Waals surface area contributed by atoms with E-state index in [0.29, 0.717) is 0 Å². The van der Waals surface area contributed by atoms with Crippen LogP contribution in [0.4, 0.5) is 0 Å². The number of aromatic nitrogens is 1. The van der Waals surface area contributed by atoms with Crippen molar-refractivity contribution in [3.63, 3.8) is 0 Å². The van der Waals surface area contributed by atoms with Crippen LogP contribution in [0.3, 0.4) is 0 Å². The third kappa shape index (κ3) is 3.96. The minimum Gasteiger partial charge on any atom is -0.496 e. The molecule has 0 saturated heterocycles. The number of rotatable bonds is 4. The summed E-state index contributed by atoms with van der Waals surface area (Å²) in [6.45, 7) is 3.01. The van der Waals surface area contributed by atoms with E-state index >= 15 is 0 Å². The van der Waals surface area contributed by atoms with Crippen molar-refractivity contribution < 1.29 is 4.74 Å². The molecule has 0 unspecified atom stereocenters. The maximum atomic E-state index is 11.7. The number of aromatic amines is 1. The molecule has 0 fully saturated rings. The standard InChI is InChI=1S/C23H24N2O2/c1-27-22-7-6-17(14-21(22)20-8-11-24-23(26)15-20)16-25-12-9-18-4-2-3-5-19(18)10-13-25/h2-8,11,14-15H,9-10,12-13,16H2,1H3,(H,24,26). The van der Waals surface area contributed by atoms with E-state index < -0.39 is 0 Å². The quantitative estimate of drug-likeness (QED) is 0.772. The zero-order chi connectivity index (χ0) is 18.6. The van der Waals surface area contributed by atoms with E-state index in [-0.39, 0.29) is 5.56 Å². The Bertz CT molecular complexity index is 966. The molecular weight excluding hydrogens is 336 g/mol. The van der Waals surface area contributed by atoms with E-state index in [9.17, 15) is 4.79 Å². The number of nitrogens with zero attached hydrogens (tertiary/aromatic N) is 1. The van der Waals surface area contributed by atoms with Crippen LogP contribution in [0, 0.1) is 0 Å². The zero-order valence-corrected chi connectivity index (χ0v) is 15.6. The molecule has 0 amide bonds. The Labute approximate surface area is 159 Å². The van der Waals surface area contributed by atoms with Gasteiger partial charge in [0, 0.05) is 37.5 Å². The van der Waals surface area contributed by atoms with Gasteiger partial charge in [-0.2, -0.15) is 0 Å². The number of fused-ring (bicyclic) bond motifs is 1. The summed E-state index contributed by atoms with van der Waals surface area (Å²) in [7, 11) is 1.66. The molecule has 1 N–H and O–H groups in total. The van der Waals surface area contributed by atoms with Crippen LogP contribution >= 0.6 is 0 Å². The second-order valence-corrected chi connectivity index (χ2v) is 7.02. The molecule has 138 valence electrons. The Morgan fingerprint density at radius 3 is 2.41 bits per heavy atom. The summed E-state index contributed by atoms with van der Waals surface area (Å²) in [5.74, 6) is 0.785. The Morgan fingerprint density at radius 1 is 1.00 bits per heavy atom. The van der Waals surface area contributed by atoms with Crippen molar-refractivity contribution in [2.75, 3.05) is 20.2 Å². The van der Waals surface area contributed by atoms with Gasteiger partial charge in [-0.05, 0) is 53.3 Å². The monoisotopic (exact) mass is 360 g/mol. The van der Waals surface area contributed by atoms with Crippen molar-refractivity contribution >= 4 is 0 Å². The first-order valence-electron chi connectivity index (χ1n) is 9.38. The third-order valence-electron chi connectivity index (χ3n) is 5.27. The topological polar surface area (TPSA) is 45.3 Å². The minimum atomic E-state index is -0.106.